The molecule has 26 heavy (non-hydrogen) atoms. The van der Waals surface area contributed by atoms with E-state index in [1.165, 1.54) is 34.1 Å². The van der Waals surface area contributed by atoms with Gasteiger partial charge in [0, 0.05) is 30.4 Å². The van der Waals surface area contributed by atoms with E-state index >= 15 is 0 Å². The van der Waals surface area contributed by atoms with Crippen LogP contribution in [0.5, 0.6) is 0 Å². The molecule has 4 rings (SSSR count). The smallest absolute Gasteiger partial charge is 0.254 e. The van der Waals surface area contributed by atoms with Crippen LogP contribution in [0, 0.1) is 20.8 Å². The number of rotatable bonds is 4. The highest BCUT2D eigenvalue weighted by Crippen LogP contribution is 2.32. The predicted molar refractivity (Wildman–Crippen MR) is 103 cm³/mol. The van der Waals surface area contributed by atoms with Gasteiger partial charge in [0.05, 0.1) is 16.8 Å². The van der Waals surface area contributed by atoms with Crippen LogP contribution >= 0.6 is 0 Å². The van der Waals surface area contributed by atoms with Gasteiger partial charge in [-0.25, -0.2) is 9.97 Å². The minimum atomic E-state index is -0.103. The molecular formula is C21H24N4O. The predicted octanol–water partition coefficient (Wildman–Crippen LogP) is 3.28. The quantitative estimate of drug-likeness (QED) is 0.787. The highest BCUT2D eigenvalue weighted by molar-refractivity contribution is 5.95. The molecule has 1 amide bonds. The summed E-state index contributed by atoms with van der Waals surface area (Å²) in [4.78, 5) is 20.9. The molecule has 5 nitrogen and oxygen atoms in total. The summed E-state index contributed by atoms with van der Waals surface area (Å²) < 4.78 is 2.45. The molecule has 2 aromatic heterocycles. The molecule has 3 aromatic rings. The van der Waals surface area contributed by atoms with E-state index < -0.39 is 0 Å². The normalized spacial score (nSPS) is 13.2. The van der Waals surface area contributed by atoms with E-state index in [2.05, 4.69) is 45.0 Å². The highest BCUT2D eigenvalue weighted by atomic mass is 16.1. The fourth-order valence-corrected chi connectivity index (χ4v) is 4.11. The Morgan fingerprint density at radius 2 is 2.12 bits per heavy atom. The molecule has 0 unspecified atom stereocenters. The summed E-state index contributed by atoms with van der Waals surface area (Å²) in [5, 5.41) is 4.37. The Labute approximate surface area is 153 Å². The molecular weight excluding hydrogens is 324 g/mol. The van der Waals surface area contributed by atoms with Gasteiger partial charge in [0.2, 0.25) is 0 Å². The van der Waals surface area contributed by atoms with Crippen molar-refractivity contribution in [2.45, 2.75) is 46.6 Å². The number of benzene rings is 1. The Hall–Kier alpha value is -2.69. The summed E-state index contributed by atoms with van der Waals surface area (Å²) in [6, 6.07) is 6.60. The summed E-state index contributed by atoms with van der Waals surface area (Å²) >= 11 is 0. The molecule has 0 saturated carbocycles. The summed E-state index contributed by atoms with van der Waals surface area (Å²) in [6.45, 7) is 7.57. The first-order valence-electron chi connectivity index (χ1n) is 9.24. The summed E-state index contributed by atoms with van der Waals surface area (Å²) in [5.74, 6) is 0.581. The average molecular weight is 348 g/mol. The molecule has 1 aliphatic heterocycles. The zero-order valence-electron chi connectivity index (χ0n) is 15.6. The molecule has 0 radical (unpaired) electrons. The van der Waals surface area contributed by atoms with Crippen molar-refractivity contribution < 1.29 is 4.79 Å². The van der Waals surface area contributed by atoms with Crippen molar-refractivity contribution in [3.8, 4) is 0 Å². The van der Waals surface area contributed by atoms with Gasteiger partial charge in [-0.3, -0.25) is 4.79 Å². The lowest BCUT2D eigenvalue weighted by molar-refractivity contribution is 0.0952. The van der Waals surface area contributed by atoms with Gasteiger partial charge >= 0.3 is 0 Å². The van der Waals surface area contributed by atoms with Crippen LogP contribution in [0.1, 0.15) is 45.1 Å². The minimum absolute atomic E-state index is 0.103. The molecule has 1 aliphatic rings. The van der Waals surface area contributed by atoms with Crippen molar-refractivity contribution in [3.05, 3.63) is 58.3 Å². The van der Waals surface area contributed by atoms with E-state index in [4.69, 9.17) is 0 Å². The number of aryl methyl sites for hydroxylation is 4. The molecule has 3 heterocycles. The second-order valence-electron chi connectivity index (χ2n) is 7.05. The molecule has 134 valence electrons. The maximum Gasteiger partial charge on any atom is 0.254 e. The minimum Gasteiger partial charge on any atom is -0.352 e. The Bertz CT molecular complexity index is 1000. The van der Waals surface area contributed by atoms with E-state index in [0.29, 0.717) is 17.9 Å². The van der Waals surface area contributed by atoms with Crippen LogP contribution in [0.25, 0.3) is 10.9 Å². The number of nitrogens with one attached hydrogen (secondary N) is 1. The van der Waals surface area contributed by atoms with Crippen molar-refractivity contribution in [3.63, 3.8) is 0 Å². The Kier molecular flexibility index (Phi) is 4.23. The molecule has 0 spiro atoms. The first-order chi connectivity index (χ1) is 12.6. The third kappa shape index (κ3) is 2.77. The zero-order valence-corrected chi connectivity index (χ0v) is 15.6. The van der Waals surface area contributed by atoms with Crippen LogP contribution in [0.15, 0.2) is 24.4 Å². The summed E-state index contributed by atoms with van der Waals surface area (Å²) in [7, 11) is 0. The van der Waals surface area contributed by atoms with Crippen molar-refractivity contribution in [2.75, 3.05) is 6.54 Å². The number of amides is 1. The number of hydrogen-bond acceptors (Lipinski definition) is 3. The lowest BCUT2D eigenvalue weighted by Gasteiger charge is -2.16. The number of carbonyl (C=O) groups is 1. The van der Waals surface area contributed by atoms with Gasteiger partial charge in [-0.15, -0.1) is 0 Å². The summed E-state index contributed by atoms with van der Waals surface area (Å²) in [5.41, 5.74) is 6.78. The third-order valence-corrected chi connectivity index (χ3v) is 5.39. The van der Waals surface area contributed by atoms with E-state index in [-0.39, 0.29) is 5.91 Å². The fraction of sp³-hybridized carbons (Fsp3) is 0.381. The van der Waals surface area contributed by atoms with Gasteiger partial charge in [0.1, 0.15) is 5.82 Å². The van der Waals surface area contributed by atoms with Crippen molar-refractivity contribution in [2.24, 2.45) is 0 Å². The molecule has 0 atom stereocenters. The third-order valence-electron chi connectivity index (χ3n) is 5.39. The second kappa shape index (κ2) is 6.56. The number of carbonyl (C=O) groups excluding carboxylic acids is 1. The van der Waals surface area contributed by atoms with Crippen LogP contribution in [0.2, 0.25) is 0 Å². The van der Waals surface area contributed by atoms with Gasteiger partial charge in [-0.2, -0.15) is 0 Å². The second-order valence-corrected chi connectivity index (χ2v) is 7.05. The van der Waals surface area contributed by atoms with Gasteiger partial charge in [0.15, 0.2) is 0 Å². The number of hydrogen-bond donors (Lipinski definition) is 1. The topological polar surface area (TPSA) is 59.8 Å². The molecule has 5 heteroatoms. The highest BCUT2D eigenvalue weighted by Gasteiger charge is 2.19. The van der Waals surface area contributed by atoms with Gasteiger partial charge in [-0.05, 0) is 51.2 Å². The Morgan fingerprint density at radius 3 is 2.92 bits per heavy atom. The zero-order chi connectivity index (χ0) is 18.3. The van der Waals surface area contributed by atoms with E-state index in [0.717, 1.165) is 25.1 Å². The van der Waals surface area contributed by atoms with E-state index in [9.17, 15) is 4.79 Å². The van der Waals surface area contributed by atoms with Gasteiger partial charge < -0.3 is 9.88 Å². The van der Waals surface area contributed by atoms with E-state index in [1.807, 2.05) is 13.8 Å². The molecule has 1 aromatic carbocycles. The summed E-state index contributed by atoms with van der Waals surface area (Å²) in [6.07, 6.45) is 4.80. The molecule has 0 bridgehead atoms. The molecule has 0 saturated heterocycles. The van der Waals surface area contributed by atoms with Gasteiger partial charge in [-0.1, -0.05) is 18.2 Å². The standard InChI is InChI=1S/C21H24N4O/c1-13-19(12-23-15(3)24-13)21(26)22-10-9-17-14(2)25-11-5-7-16-6-4-8-18(17)20(16)25/h4,6,8,12H,5,7,9-11H2,1-3H3,(H,22,26). The molecule has 0 fully saturated rings. The van der Waals surface area contributed by atoms with Crippen molar-refractivity contribution >= 4 is 16.8 Å². The van der Waals surface area contributed by atoms with Crippen LogP contribution < -0.4 is 5.32 Å². The maximum absolute atomic E-state index is 12.4. The first-order valence-corrected chi connectivity index (χ1v) is 9.24. The number of nitrogens with zero attached hydrogens (tertiary/aromatic N) is 3. The average Bonchev–Trinajstić information content (AvgIpc) is 2.90. The Balaban J connectivity index is 1.53. The lowest BCUT2D eigenvalue weighted by Crippen LogP contribution is -2.27. The van der Waals surface area contributed by atoms with Gasteiger partial charge in [0.25, 0.3) is 5.91 Å². The monoisotopic (exact) mass is 348 g/mol. The molecule has 0 aliphatic carbocycles. The number of aromatic nitrogens is 3. The lowest BCUT2D eigenvalue weighted by atomic mass is 10.0. The SMILES string of the molecule is Cc1ncc(C(=O)NCCc2c(C)n3c4c(cccc24)CCC3)c(C)n1. The maximum atomic E-state index is 12.4. The first kappa shape index (κ1) is 16.8. The van der Waals surface area contributed by atoms with Crippen LogP contribution in [-0.4, -0.2) is 27.0 Å². The van der Waals surface area contributed by atoms with Crippen LogP contribution in [0.4, 0.5) is 0 Å². The van der Waals surface area contributed by atoms with Crippen LogP contribution in [0.3, 0.4) is 0 Å². The molecule has 1 N–H and O–H groups in total. The van der Waals surface area contributed by atoms with Crippen LogP contribution in [-0.2, 0) is 19.4 Å². The fourth-order valence-electron chi connectivity index (χ4n) is 4.11. The van der Waals surface area contributed by atoms with Crippen molar-refractivity contribution in [1.82, 2.24) is 19.9 Å². The van der Waals surface area contributed by atoms with E-state index in [1.54, 1.807) is 6.20 Å². The largest absolute Gasteiger partial charge is 0.352 e. The Morgan fingerprint density at radius 1 is 1.27 bits per heavy atom. The van der Waals surface area contributed by atoms with Crippen molar-refractivity contribution in [1.29, 1.82) is 0 Å². The number of para-hydroxylation sites is 1.